The zero-order valence-corrected chi connectivity index (χ0v) is 14.5. The SMILES string of the molecule is COC(=O)CCCCCCCCC=CC(=O)N[C@H](C(=O)O)[C@@H](C)O. The molecule has 0 aliphatic carbocycles. The molecule has 1 amide bonds. The number of carboxylic acids is 1. The molecule has 0 aromatic carbocycles. The van der Waals surface area contributed by atoms with Crippen molar-refractivity contribution in [1.82, 2.24) is 5.32 Å². The Hall–Kier alpha value is -1.89. The number of aliphatic carboxylic acids is 1. The minimum absolute atomic E-state index is 0.167. The van der Waals surface area contributed by atoms with Crippen LogP contribution in [0.2, 0.25) is 0 Å². The van der Waals surface area contributed by atoms with Crippen LogP contribution in [0.5, 0.6) is 0 Å². The second-order valence-corrected chi connectivity index (χ2v) is 5.70. The lowest BCUT2D eigenvalue weighted by Crippen LogP contribution is -2.47. The highest BCUT2D eigenvalue weighted by atomic mass is 16.5. The number of methoxy groups -OCH3 is 1. The van der Waals surface area contributed by atoms with Gasteiger partial charge >= 0.3 is 11.9 Å². The molecule has 0 saturated heterocycles. The second kappa shape index (κ2) is 13.5. The molecule has 138 valence electrons. The highest BCUT2D eigenvalue weighted by Crippen LogP contribution is 2.09. The molecule has 0 aromatic rings. The van der Waals surface area contributed by atoms with Gasteiger partial charge in [-0.2, -0.15) is 0 Å². The van der Waals surface area contributed by atoms with Crippen LogP contribution in [0.15, 0.2) is 12.2 Å². The third-order valence-corrected chi connectivity index (χ3v) is 3.54. The first-order valence-electron chi connectivity index (χ1n) is 8.33. The summed E-state index contributed by atoms with van der Waals surface area (Å²) in [6.45, 7) is 1.31. The van der Waals surface area contributed by atoms with Gasteiger partial charge in [-0.15, -0.1) is 0 Å². The van der Waals surface area contributed by atoms with E-state index >= 15 is 0 Å². The standard InChI is InChI=1S/C17H29NO6/c1-13(19)16(17(22)23)18-14(20)11-9-7-5-3-4-6-8-10-12-15(21)24-2/h9,11,13,16,19H,3-8,10,12H2,1-2H3,(H,18,20)(H,22,23)/t13-,16+/m1/s1. The van der Waals surface area contributed by atoms with Crippen LogP contribution in [0, 0.1) is 0 Å². The van der Waals surface area contributed by atoms with Crippen molar-refractivity contribution in [3.63, 3.8) is 0 Å². The molecule has 7 nitrogen and oxygen atoms in total. The van der Waals surface area contributed by atoms with Crippen molar-refractivity contribution in [2.75, 3.05) is 7.11 Å². The van der Waals surface area contributed by atoms with Gasteiger partial charge in [0.25, 0.3) is 0 Å². The topological polar surface area (TPSA) is 113 Å². The van der Waals surface area contributed by atoms with Crippen molar-refractivity contribution in [2.45, 2.75) is 70.4 Å². The second-order valence-electron chi connectivity index (χ2n) is 5.70. The molecule has 3 N–H and O–H groups in total. The highest BCUT2D eigenvalue weighted by Gasteiger charge is 2.23. The Kier molecular flexibility index (Phi) is 12.5. The van der Waals surface area contributed by atoms with Crippen LogP contribution >= 0.6 is 0 Å². The van der Waals surface area contributed by atoms with E-state index in [4.69, 9.17) is 5.11 Å². The largest absolute Gasteiger partial charge is 0.480 e. The number of aliphatic hydroxyl groups excluding tert-OH is 1. The maximum absolute atomic E-state index is 11.5. The van der Waals surface area contributed by atoms with Gasteiger partial charge in [0.1, 0.15) is 0 Å². The molecule has 2 atom stereocenters. The van der Waals surface area contributed by atoms with E-state index in [0.717, 1.165) is 44.9 Å². The monoisotopic (exact) mass is 343 g/mol. The number of nitrogens with one attached hydrogen (secondary N) is 1. The van der Waals surface area contributed by atoms with Crippen LogP contribution < -0.4 is 5.32 Å². The van der Waals surface area contributed by atoms with Crippen molar-refractivity contribution in [3.05, 3.63) is 12.2 Å². The van der Waals surface area contributed by atoms with E-state index in [-0.39, 0.29) is 5.97 Å². The summed E-state index contributed by atoms with van der Waals surface area (Å²) >= 11 is 0. The van der Waals surface area contributed by atoms with Crippen molar-refractivity contribution >= 4 is 17.8 Å². The van der Waals surface area contributed by atoms with Crippen molar-refractivity contribution < 1.29 is 29.3 Å². The average molecular weight is 343 g/mol. The van der Waals surface area contributed by atoms with E-state index < -0.39 is 24.0 Å². The number of esters is 1. The molecule has 0 spiro atoms. The lowest BCUT2D eigenvalue weighted by molar-refractivity contribution is -0.144. The molecule has 0 fully saturated rings. The first-order valence-corrected chi connectivity index (χ1v) is 8.33. The maximum atomic E-state index is 11.5. The Morgan fingerprint density at radius 3 is 2.21 bits per heavy atom. The molecule has 0 saturated carbocycles. The predicted molar refractivity (Wildman–Crippen MR) is 89.3 cm³/mol. The summed E-state index contributed by atoms with van der Waals surface area (Å²) in [4.78, 5) is 33.3. The summed E-state index contributed by atoms with van der Waals surface area (Å²) in [7, 11) is 1.39. The first kappa shape index (κ1) is 22.1. The summed E-state index contributed by atoms with van der Waals surface area (Å²) in [5.41, 5.74) is 0. The quantitative estimate of drug-likeness (QED) is 0.267. The van der Waals surface area contributed by atoms with Gasteiger partial charge in [-0.1, -0.05) is 31.8 Å². The number of hydrogen-bond acceptors (Lipinski definition) is 5. The Morgan fingerprint density at radius 2 is 1.67 bits per heavy atom. The van der Waals surface area contributed by atoms with Crippen molar-refractivity contribution in [1.29, 1.82) is 0 Å². The van der Waals surface area contributed by atoms with Crippen LogP contribution in [0.25, 0.3) is 0 Å². The third-order valence-electron chi connectivity index (χ3n) is 3.54. The number of rotatable bonds is 13. The minimum atomic E-state index is -1.30. The van der Waals surface area contributed by atoms with Gasteiger partial charge in [-0.3, -0.25) is 9.59 Å². The number of ether oxygens (including phenoxy) is 1. The van der Waals surface area contributed by atoms with Crippen LogP contribution in [-0.4, -0.2) is 47.3 Å². The average Bonchev–Trinajstić information content (AvgIpc) is 2.53. The molecular weight excluding hydrogens is 314 g/mol. The fraction of sp³-hybridized carbons (Fsp3) is 0.706. The van der Waals surface area contributed by atoms with Crippen LogP contribution in [0.4, 0.5) is 0 Å². The number of hydrogen-bond donors (Lipinski definition) is 3. The summed E-state index contributed by atoms with van der Waals surface area (Å²) in [6.07, 6.45) is 9.03. The number of carboxylic acid groups (broad SMARTS) is 1. The Morgan fingerprint density at radius 1 is 1.08 bits per heavy atom. The van der Waals surface area contributed by atoms with Crippen LogP contribution in [-0.2, 0) is 19.1 Å². The number of aliphatic hydroxyl groups is 1. The predicted octanol–water partition coefficient (Wildman–Crippen LogP) is 1.79. The van der Waals surface area contributed by atoms with Gasteiger partial charge in [0, 0.05) is 6.42 Å². The number of allylic oxidation sites excluding steroid dienone is 1. The lowest BCUT2D eigenvalue weighted by atomic mass is 10.1. The fourth-order valence-electron chi connectivity index (χ4n) is 2.12. The Bertz CT molecular complexity index is 419. The lowest BCUT2D eigenvalue weighted by Gasteiger charge is -2.15. The van der Waals surface area contributed by atoms with Gasteiger partial charge in [0.15, 0.2) is 6.04 Å². The summed E-state index contributed by atoms with van der Waals surface area (Å²) in [5, 5.41) is 20.3. The molecule has 0 aromatic heterocycles. The van der Waals surface area contributed by atoms with E-state index in [2.05, 4.69) is 10.1 Å². The molecule has 0 bridgehead atoms. The van der Waals surface area contributed by atoms with Gasteiger partial charge in [-0.05, 0) is 32.3 Å². The molecule has 24 heavy (non-hydrogen) atoms. The summed E-state index contributed by atoms with van der Waals surface area (Å²) in [6, 6.07) is -1.30. The van der Waals surface area contributed by atoms with E-state index in [9.17, 15) is 19.5 Å². The van der Waals surface area contributed by atoms with Crippen molar-refractivity contribution in [2.24, 2.45) is 0 Å². The van der Waals surface area contributed by atoms with Gasteiger partial charge in [0.2, 0.25) is 5.91 Å². The van der Waals surface area contributed by atoms with Crippen LogP contribution in [0.3, 0.4) is 0 Å². The van der Waals surface area contributed by atoms with E-state index in [0.29, 0.717) is 6.42 Å². The van der Waals surface area contributed by atoms with Gasteiger partial charge in [0.05, 0.1) is 13.2 Å². The number of carbonyl (C=O) groups excluding carboxylic acids is 2. The first-order chi connectivity index (χ1) is 11.4. The highest BCUT2D eigenvalue weighted by molar-refractivity contribution is 5.91. The zero-order chi connectivity index (χ0) is 18.4. The molecule has 0 heterocycles. The molecule has 0 radical (unpaired) electrons. The van der Waals surface area contributed by atoms with Crippen LogP contribution in [0.1, 0.15) is 58.3 Å². The maximum Gasteiger partial charge on any atom is 0.328 e. The molecular formula is C17H29NO6. The Labute approximate surface area is 143 Å². The summed E-state index contributed by atoms with van der Waals surface area (Å²) in [5.74, 6) is -1.95. The van der Waals surface area contributed by atoms with E-state index in [1.807, 2.05) is 0 Å². The smallest absolute Gasteiger partial charge is 0.328 e. The number of unbranched alkanes of at least 4 members (excludes halogenated alkanes) is 6. The Balaban J connectivity index is 3.66. The van der Waals surface area contributed by atoms with Crippen molar-refractivity contribution in [3.8, 4) is 0 Å². The zero-order valence-electron chi connectivity index (χ0n) is 14.5. The molecule has 0 unspecified atom stereocenters. The van der Waals surface area contributed by atoms with Gasteiger partial charge < -0.3 is 20.3 Å². The molecule has 0 rings (SSSR count). The minimum Gasteiger partial charge on any atom is -0.480 e. The number of carbonyl (C=O) groups is 3. The van der Waals surface area contributed by atoms with Gasteiger partial charge in [-0.25, -0.2) is 4.79 Å². The molecule has 0 aliphatic heterocycles. The fourth-order valence-corrected chi connectivity index (χ4v) is 2.12. The van der Waals surface area contributed by atoms with E-state index in [1.54, 1.807) is 6.08 Å². The number of amides is 1. The summed E-state index contributed by atoms with van der Waals surface area (Å²) < 4.78 is 4.57. The third kappa shape index (κ3) is 11.6. The normalized spacial score (nSPS) is 13.5. The molecule has 0 aliphatic rings. The molecule has 7 heteroatoms. The van der Waals surface area contributed by atoms with E-state index in [1.165, 1.54) is 20.1 Å².